The Morgan fingerprint density at radius 3 is 2.52 bits per heavy atom. The van der Waals surface area contributed by atoms with Crippen LogP contribution in [0, 0.1) is 11.8 Å². The lowest BCUT2D eigenvalue weighted by Gasteiger charge is -2.17. The number of hydrogen-bond donors (Lipinski definition) is 1. The molecule has 1 heterocycles. The van der Waals surface area contributed by atoms with Gasteiger partial charge in [0.25, 0.3) is 0 Å². The Morgan fingerprint density at radius 2 is 2.00 bits per heavy atom. The molecule has 0 bridgehead atoms. The van der Waals surface area contributed by atoms with Crippen molar-refractivity contribution in [2.75, 3.05) is 16.6 Å². The van der Waals surface area contributed by atoms with Crippen molar-refractivity contribution >= 4 is 21.6 Å². The number of benzene rings is 1. The van der Waals surface area contributed by atoms with Crippen molar-refractivity contribution in [2.45, 2.75) is 40.2 Å². The summed E-state index contributed by atoms with van der Waals surface area (Å²) in [5, 5.41) is 2.91. The van der Waals surface area contributed by atoms with Crippen LogP contribution in [0.25, 0.3) is 0 Å². The summed E-state index contributed by atoms with van der Waals surface area (Å²) in [5.74, 6) is 0.805. The van der Waals surface area contributed by atoms with Crippen LogP contribution in [0.1, 0.15) is 39.2 Å². The molecule has 128 valence electrons. The molecule has 0 radical (unpaired) electrons. The number of rotatable bonds is 6. The van der Waals surface area contributed by atoms with Crippen molar-refractivity contribution in [3.05, 3.63) is 29.8 Å². The summed E-state index contributed by atoms with van der Waals surface area (Å²) in [5.41, 5.74) is 1.67. The second kappa shape index (κ2) is 7.34. The number of carbonyl (C=O) groups is 1. The first-order valence-electron chi connectivity index (χ1n) is 8.18. The monoisotopic (exact) mass is 338 g/mol. The van der Waals surface area contributed by atoms with Gasteiger partial charge in [-0.2, -0.15) is 0 Å². The molecule has 1 aromatic carbocycles. The van der Waals surface area contributed by atoms with Crippen LogP contribution in [0.3, 0.4) is 0 Å². The van der Waals surface area contributed by atoms with Crippen molar-refractivity contribution in [3.63, 3.8) is 0 Å². The van der Waals surface area contributed by atoms with E-state index in [0.29, 0.717) is 31.1 Å². The molecule has 5 nitrogen and oxygen atoms in total. The van der Waals surface area contributed by atoms with Gasteiger partial charge in [0.2, 0.25) is 15.9 Å². The molecule has 6 heteroatoms. The van der Waals surface area contributed by atoms with Gasteiger partial charge in [0.1, 0.15) is 0 Å². The van der Waals surface area contributed by atoms with E-state index in [2.05, 4.69) is 19.2 Å². The van der Waals surface area contributed by atoms with Crippen LogP contribution in [0.5, 0.6) is 0 Å². The molecule has 23 heavy (non-hydrogen) atoms. The molecule has 1 aromatic rings. The number of nitrogens with zero attached hydrogens (tertiary/aromatic N) is 1. The predicted molar refractivity (Wildman–Crippen MR) is 92.7 cm³/mol. The third-order valence-corrected chi connectivity index (χ3v) is 6.27. The first-order chi connectivity index (χ1) is 10.8. The third-order valence-electron chi connectivity index (χ3n) is 4.25. The summed E-state index contributed by atoms with van der Waals surface area (Å²) < 4.78 is 25.6. The van der Waals surface area contributed by atoms with Crippen LogP contribution in [0.4, 0.5) is 5.69 Å². The summed E-state index contributed by atoms with van der Waals surface area (Å²) in [6.45, 7) is 7.08. The van der Waals surface area contributed by atoms with Gasteiger partial charge in [0.05, 0.1) is 11.4 Å². The third kappa shape index (κ3) is 4.70. The highest BCUT2D eigenvalue weighted by Crippen LogP contribution is 2.26. The van der Waals surface area contributed by atoms with Gasteiger partial charge in [0.15, 0.2) is 0 Å². The molecule has 0 spiro atoms. The fourth-order valence-electron chi connectivity index (χ4n) is 2.68. The van der Waals surface area contributed by atoms with E-state index in [4.69, 9.17) is 0 Å². The molecule has 1 aliphatic heterocycles. The zero-order valence-electron chi connectivity index (χ0n) is 14.1. The lowest BCUT2D eigenvalue weighted by molar-refractivity contribution is -0.122. The summed E-state index contributed by atoms with van der Waals surface area (Å²) in [6.07, 6.45) is 1.53. The predicted octanol–water partition coefficient (Wildman–Crippen LogP) is 2.52. The molecule has 1 saturated heterocycles. The van der Waals surface area contributed by atoms with E-state index in [9.17, 15) is 13.2 Å². The lowest BCUT2D eigenvalue weighted by Crippen LogP contribution is -2.26. The highest BCUT2D eigenvalue weighted by atomic mass is 32.2. The van der Waals surface area contributed by atoms with Gasteiger partial charge < -0.3 is 5.32 Å². The van der Waals surface area contributed by atoms with Crippen LogP contribution in [-0.2, 0) is 21.4 Å². The average molecular weight is 338 g/mol. The van der Waals surface area contributed by atoms with Crippen LogP contribution >= 0.6 is 0 Å². The molecule has 1 amide bonds. The van der Waals surface area contributed by atoms with Gasteiger partial charge in [-0.1, -0.05) is 39.3 Å². The number of carbonyl (C=O) groups excluding carboxylic acids is 1. The molecule has 1 fully saturated rings. The maximum Gasteiger partial charge on any atom is 0.235 e. The van der Waals surface area contributed by atoms with Crippen LogP contribution < -0.4 is 9.62 Å². The van der Waals surface area contributed by atoms with Crippen molar-refractivity contribution in [1.29, 1.82) is 0 Å². The Kier molecular flexibility index (Phi) is 5.68. The van der Waals surface area contributed by atoms with E-state index in [-0.39, 0.29) is 17.6 Å². The van der Waals surface area contributed by atoms with Crippen LogP contribution in [-0.4, -0.2) is 26.6 Å². The maximum absolute atomic E-state index is 12.1. The molecule has 0 unspecified atom stereocenters. The topological polar surface area (TPSA) is 66.5 Å². The minimum absolute atomic E-state index is 0.0550. The van der Waals surface area contributed by atoms with Gasteiger partial charge in [0, 0.05) is 19.5 Å². The number of anilines is 1. The van der Waals surface area contributed by atoms with E-state index in [1.165, 1.54) is 4.31 Å². The van der Waals surface area contributed by atoms with Crippen molar-refractivity contribution in [1.82, 2.24) is 5.32 Å². The molecular weight excluding hydrogens is 312 g/mol. The number of sulfonamides is 1. The summed E-state index contributed by atoms with van der Waals surface area (Å²) in [4.78, 5) is 11.8. The van der Waals surface area contributed by atoms with E-state index in [1.807, 2.05) is 31.2 Å². The Hall–Kier alpha value is -1.56. The zero-order valence-corrected chi connectivity index (χ0v) is 14.9. The molecule has 2 rings (SSSR count). The normalized spacial score (nSPS) is 21.2. The standard InChI is InChI=1S/C17H26N2O3S/c1-4-13(2)9-17(20)18-10-15-5-7-16(8-6-15)19-11-14(3)12-23(19,21)22/h5-8,13-14H,4,9-12H2,1-3H3,(H,18,20)/t13-,14-/m1/s1. The van der Waals surface area contributed by atoms with Gasteiger partial charge >= 0.3 is 0 Å². The second-order valence-corrected chi connectivity index (χ2v) is 8.51. The first kappa shape index (κ1) is 17.8. The molecule has 0 saturated carbocycles. The van der Waals surface area contributed by atoms with Crippen molar-refractivity contribution in [2.24, 2.45) is 11.8 Å². The number of nitrogens with one attached hydrogen (secondary N) is 1. The van der Waals surface area contributed by atoms with E-state index in [1.54, 1.807) is 0 Å². The van der Waals surface area contributed by atoms with E-state index < -0.39 is 10.0 Å². The Morgan fingerprint density at radius 1 is 1.35 bits per heavy atom. The van der Waals surface area contributed by atoms with Crippen LogP contribution in [0.15, 0.2) is 24.3 Å². The second-order valence-electron chi connectivity index (χ2n) is 6.58. The van der Waals surface area contributed by atoms with Gasteiger partial charge in [-0.05, 0) is 29.5 Å². The lowest BCUT2D eigenvalue weighted by atomic mass is 10.1. The fraction of sp³-hybridized carbons (Fsp3) is 0.588. The van der Waals surface area contributed by atoms with Crippen molar-refractivity contribution in [3.8, 4) is 0 Å². The Labute approximate surface area is 139 Å². The maximum atomic E-state index is 12.1. The SMILES string of the molecule is CC[C@@H](C)CC(=O)NCc1ccc(N2C[C@@H](C)CS2(=O)=O)cc1. The van der Waals surface area contributed by atoms with Gasteiger partial charge in [-0.15, -0.1) is 0 Å². The van der Waals surface area contributed by atoms with E-state index >= 15 is 0 Å². The average Bonchev–Trinajstić information content (AvgIpc) is 2.78. The molecule has 0 aliphatic carbocycles. The highest BCUT2D eigenvalue weighted by molar-refractivity contribution is 7.93. The Balaban J connectivity index is 1.94. The fourth-order valence-corrected chi connectivity index (χ4v) is 4.61. The quantitative estimate of drug-likeness (QED) is 0.867. The summed E-state index contributed by atoms with van der Waals surface area (Å²) >= 11 is 0. The minimum atomic E-state index is -3.18. The molecule has 2 atom stereocenters. The van der Waals surface area contributed by atoms with Crippen LogP contribution in [0.2, 0.25) is 0 Å². The highest BCUT2D eigenvalue weighted by Gasteiger charge is 2.33. The van der Waals surface area contributed by atoms with Gasteiger partial charge in [-0.3, -0.25) is 9.10 Å². The Bertz CT molecular complexity index is 640. The summed E-state index contributed by atoms with van der Waals surface area (Å²) in [6, 6.07) is 7.37. The van der Waals surface area contributed by atoms with Crippen molar-refractivity contribution < 1.29 is 13.2 Å². The smallest absolute Gasteiger partial charge is 0.235 e. The number of hydrogen-bond acceptors (Lipinski definition) is 3. The molecule has 0 aromatic heterocycles. The molecule has 1 aliphatic rings. The van der Waals surface area contributed by atoms with E-state index in [0.717, 1.165) is 12.0 Å². The zero-order chi connectivity index (χ0) is 17.0. The number of amides is 1. The van der Waals surface area contributed by atoms with Gasteiger partial charge in [-0.25, -0.2) is 8.42 Å². The largest absolute Gasteiger partial charge is 0.352 e. The minimum Gasteiger partial charge on any atom is -0.352 e. The molecule has 1 N–H and O–H groups in total. The molecular formula is C17H26N2O3S. The summed E-state index contributed by atoms with van der Waals surface area (Å²) in [7, 11) is -3.18. The first-order valence-corrected chi connectivity index (χ1v) is 9.78.